The second kappa shape index (κ2) is 26.5. The first-order valence-corrected chi connectivity index (χ1v) is 26.9. The van der Waals surface area contributed by atoms with Gasteiger partial charge in [0.05, 0.1) is 46.1 Å². The Kier molecular flexibility index (Phi) is 20.0. The lowest BCUT2D eigenvalue weighted by Gasteiger charge is -2.64. The molecule has 0 saturated carbocycles. The molecule has 25 nitrogen and oxygen atoms in total. The molecule has 3 aromatic heterocycles. The van der Waals surface area contributed by atoms with Crippen LogP contribution in [-0.4, -0.2) is 214 Å². The van der Waals surface area contributed by atoms with E-state index in [-0.39, 0.29) is 95.2 Å². The van der Waals surface area contributed by atoms with Crippen LogP contribution < -0.4 is 21.7 Å². The van der Waals surface area contributed by atoms with Gasteiger partial charge in [0.25, 0.3) is 0 Å². The fourth-order valence-corrected chi connectivity index (χ4v) is 13.0. The quantitative estimate of drug-likeness (QED) is 0.0256. The molecule has 4 aliphatic heterocycles. The molecule has 81 heavy (non-hydrogen) atoms. The number of nitrogens with zero attached hydrogens (tertiary/aromatic N) is 7. The Bertz CT molecular complexity index is 2780. The summed E-state index contributed by atoms with van der Waals surface area (Å²) in [6.07, 6.45) is 4.48. The number of amides is 2. The van der Waals surface area contributed by atoms with Gasteiger partial charge in [0.15, 0.2) is 0 Å². The summed E-state index contributed by atoms with van der Waals surface area (Å²) in [7, 11) is 3.28. The Morgan fingerprint density at radius 3 is 1.85 bits per heavy atom. The minimum absolute atomic E-state index is 0.0870. The summed E-state index contributed by atoms with van der Waals surface area (Å²) in [4.78, 5) is 127. The van der Waals surface area contributed by atoms with Crippen molar-refractivity contribution in [3.63, 3.8) is 0 Å². The molecule has 0 aliphatic carbocycles. The second-order valence-corrected chi connectivity index (χ2v) is 21.4. The van der Waals surface area contributed by atoms with E-state index in [1.165, 1.54) is 24.3 Å². The Balaban J connectivity index is 0.967. The molecule has 7 rings (SSSR count). The largest absolute Gasteiger partial charge is 0.489 e. The Morgan fingerprint density at radius 2 is 1.37 bits per heavy atom. The minimum Gasteiger partial charge on any atom is -0.489 e. The van der Waals surface area contributed by atoms with Crippen LogP contribution in [0.1, 0.15) is 67.9 Å². The molecule has 2 bridgehead atoms. The normalized spacial score (nSPS) is 27.6. The van der Waals surface area contributed by atoms with Crippen molar-refractivity contribution in [3.8, 4) is 0 Å². The van der Waals surface area contributed by atoms with E-state index in [1.807, 2.05) is 9.80 Å². The van der Waals surface area contributed by atoms with E-state index >= 15 is 0 Å². The number of carboxylic acid groups (broad SMARTS) is 4. The van der Waals surface area contributed by atoms with E-state index in [9.17, 15) is 58.8 Å². The summed E-state index contributed by atoms with van der Waals surface area (Å²) in [6.45, 7) is 6.04. The zero-order valence-corrected chi connectivity index (χ0v) is 45.7. The number of aldehydes is 2. The average Bonchev–Trinajstić information content (AvgIpc) is 2.53. The number of pyridine rings is 3. The van der Waals surface area contributed by atoms with Gasteiger partial charge in [-0.2, -0.15) is 0 Å². The zero-order valence-electron chi connectivity index (χ0n) is 45.7. The van der Waals surface area contributed by atoms with Crippen LogP contribution in [0, 0.1) is 21.7 Å². The second-order valence-electron chi connectivity index (χ2n) is 21.4. The number of nitrogens with one attached hydrogen (secondary N) is 3. The highest BCUT2D eigenvalue weighted by molar-refractivity contribution is 5.86. The standard InChI is InChI=1S/C56H73N11O14/c1-5-12-36(2)80-49-53(34-68)29-64(4)45(38-14-7-10-22-60-38)54(49,35-69)31-66(30-53)40(47(72)73)16-18-42(70)62-24-27-65(26-20-57)28-25-63-43(71)19-17-41(48(74)75)67-32-55(51(76)77,44(58-3)37-13-6-9-21-59-37)50-56(33-67,52(78)79)46(81-50)39-15-8-11-23-61-39/h5-15,21-23,34-35,40-41,44-46,49-50,58H,2,16-20,24-33,57H2,1,3-4H3,(H,62,70)(H,63,71)(H,72,73)(H,74,75)(H,76,77)(H,78,79)/b12-5-/t40-,41+,44?,45+,46+,49-,50-,53?,54?,55?,56?/m0/s1. The van der Waals surface area contributed by atoms with Gasteiger partial charge in [0.1, 0.15) is 53.5 Å². The number of nitrogens with two attached hydrogens (primary N) is 1. The summed E-state index contributed by atoms with van der Waals surface area (Å²) in [5.74, 6) is -6.25. The number of piperidine rings is 3. The van der Waals surface area contributed by atoms with Crippen molar-refractivity contribution in [2.45, 2.75) is 75.1 Å². The van der Waals surface area contributed by atoms with Gasteiger partial charge in [-0.15, -0.1) is 0 Å². The van der Waals surface area contributed by atoms with Crippen LogP contribution in [-0.2, 0) is 47.8 Å². The lowest BCUT2D eigenvalue weighted by Crippen LogP contribution is -2.78. The molecule has 4 fully saturated rings. The molecule has 5 unspecified atom stereocenters. The van der Waals surface area contributed by atoms with E-state index in [4.69, 9.17) is 15.2 Å². The molecule has 0 spiro atoms. The number of likely N-dealkylation sites (tertiary alicyclic amines) is 3. The maximum atomic E-state index is 13.8. The van der Waals surface area contributed by atoms with Crippen molar-refractivity contribution in [2.24, 2.45) is 27.4 Å². The highest BCUT2D eigenvalue weighted by Crippen LogP contribution is 2.63. The van der Waals surface area contributed by atoms with E-state index in [0.717, 1.165) is 12.6 Å². The highest BCUT2D eigenvalue weighted by atomic mass is 16.5. The minimum atomic E-state index is -2.12. The van der Waals surface area contributed by atoms with Gasteiger partial charge in [-0.3, -0.25) is 63.3 Å². The number of aliphatic carboxylic acids is 4. The Morgan fingerprint density at radius 1 is 0.790 bits per heavy atom. The lowest BCUT2D eigenvalue weighted by atomic mass is 9.54. The lowest BCUT2D eigenvalue weighted by molar-refractivity contribution is -0.322. The summed E-state index contributed by atoms with van der Waals surface area (Å²) >= 11 is 0. The van der Waals surface area contributed by atoms with Gasteiger partial charge in [-0.25, -0.2) is 0 Å². The number of hydrogen-bond acceptors (Lipinski definition) is 19. The molecule has 9 N–H and O–H groups in total. The van der Waals surface area contributed by atoms with Gasteiger partial charge in [0.2, 0.25) is 11.8 Å². The number of ether oxygens (including phenoxy) is 2. The number of carbonyl (C=O) groups is 8. The summed E-state index contributed by atoms with van der Waals surface area (Å²) < 4.78 is 12.6. The SMILES string of the molecule is C=C(/C=C\C)O[C@H]1C2(C=O)CN(C)[C@H](c3ccccn3)C1(C=O)CN([C@@H](CCC(=O)NCCN(CCN)CCNC(=O)CC[C@H](C(=O)O)N1CC(C(=O)O)(C(NC)c3ccccn3)[C@@H]3O[C@H](c4ccccn4)C3(C(=O)O)C1)C(=O)O)C2. The smallest absolute Gasteiger partial charge is 0.320 e. The van der Waals surface area contributed by atoms with Crippen molar-refractivity contribution in [3.05, 3.63) is 115 Å². The topological polar surface area (TPSA) is 350 Å². The fourth-order valence-electron chi connectivity index (χ4n) is 13.0. The number of allylic oxidation sites excluding steroid dienone is 2. The number of rotatable bonds is 30. The van der Waals surface area contributed by atoms with E-state index in [0.29, 0.717) is 12.2 Å². The van der Waals surface area contributed by atoms with Crippen molar-refractivity contribution < 1.29 is 68.3 Å². The molecular formula is C56H73N11O14. The van der Waals surface area contributed by atoms with Crippen LogP contribution in [0.15, 0.2) is 97.7 Å². The highest BCUT2D eigenvalue weighted by Gasteiger charge is 2.77. The third kappa shape index (κ3) is 12.3. The van der Waals surface area contributed by atoms with Crippen molar-refractivity contribution in [2.75, 3.05) is 86.1 Å². The van der Waals surface area contributed by atoms with Gasteiger partial charge >= 0.3 is 23.9 Å². The molecule has 0 aromatic carbocycles. The van der Waals surface area contributed by atoms with Crippen LogP contribution in [0.2, 0.25) is 0 Å². The average molecular weight is 1120 g/mol. The molecule has 4 aliphatic rings. The number of fused-ring (bicyclic) bond motifs is 3. The third-order valence-corrected chi connectivity index (χ3v) is 16.4. The number of hydrogen-bond donors (Lipinski definition) is 8. The molecular weight excluding hydrogens is 1050 g/mol. The Labute approximate surface area is 468 Å². The molecule has 0 radical (unpaired) electrons. The molecule has 4 saturated heterocycles. The molecule has 2 amide bonds. The predicted molar refractivity (Wildman–Crippen MR) is 289 cm³/mol. The molecule has 436 valence electrons. The first kappa shape index (κ1) is 61.2. The number of aromatic nitrogens is 3. The molecule has 7 heterocycles. The van der Waals surface area contributed by atoms with Crippen molar-refractivity contribution >= 4 is 48.3 Å². The first-order valence-electron chi connectivity index (χ1n) is 26.9. The predicted octanol–water partition coefficient (Wildman–Crippen LogP) is 0.538. The first-order chi connectivity index (χ1) is 38.8. The summed E-state index contributed by atoms with van der Waals surface area (Å²) in [6, 6.07) is 10.3. The maximum Gasteiger partial charge on any atom is 0.320 e. The van der Waals surface area contributed by atoms with Crippen molar-refractivity contribution in [1.29, 1.82) is 0 Å². The number of carbonyl (C=O) groups excluding carboxylic acids is 4. The van der Waals surface area contributed by atoms with Gasteiger partial charge in [-0.1, -0.05) is 30.9 Å². The molecule has 3 aromatic rings. The Hall–Kier alpha value is -7.39. The van der Waals surface area contributed by atoms with E-state index in [2.05, 4.69) is 37.5 Å². The van der Waals surface area contributed by atoms with Crippen molar-refractivity contribution in [1.82, 2.24) is 50.5 Å². The van der Waals surface area contributed by atoms with E-state index < -0.39 is 113 Å². The van der Waals surface area contributed by atoms with Gasteiger partial charge in [-0.05, 0) is 76.3 Å². The van der Waals surface area contributed by atoms with E-state index in [1.54, 1.807) is 91.8 Å². The van der Waals surface area contributed by atoms with Crippen LogP contribution in [0.5, 0.6) is 0 Å². The zero-order chi connectivity index (χ0) is 58.7. The molecule has 11 atom stereocenters. The molecule has 25 heteroatoms. The monoisotopic (exact) mass is 1120 g/mol. The maximum absolute atomic E-state index is 13.8. The summed E-state index contributed by atoms with van der Waals surface area (Å²) in [5, 5.41) is 52.3. The van der Waals surface area contributed by atoms with Gasteiger partial charge < -0.3 is 61.2 Å². The van der Waals surface area contributed by atoms with Crippen LogP contribution >= 0.6 is 0 Å². The van der Waals surface area contributed by atoms with Gasteiger partial charge in [0, 0.05) is 103 Å². The van der Waals surface area contributed by atoms with Crippen LogP contribution in [0.4, 0.5) is 0 Å². The number of carboxylic acids is 4. The third-order valence-electron chi connectivity index (χ3n) is 16.4. The summed E-state index contributed by atoms with van der Waals surface area (Å²) in [5.41, 5.74) is -0.0893. The van der Waals surface area contributed by atoms with Crippen LogP contribution in [0.3, 0.4) is 0 Å². The fraction of sp³-hybridized carbons (Fsp3) is 0.518. The van der Waals surface area contributed by atoms with Crippen LogP contribution in [0.25, 0.3) is 0 Å².